The standard InChI is InChI=1S/C30H29F6N3O4S/c1-7-38-17(2)16-44-28(38)23(18(3)24(40)42-5)39(22-14-10-20(11-15-22)30(34,35)36)25(27(28,4)26(41)43-6)37-21-12-8-19(9-13-21)29(31,32)33/h8-16H,7H2,1-6H3/b23-18+,37-25?/t27-,28+/m1/s1. The summed E-state index contributed by atoms with van der Waals surface area (Å²) in [6.45, 7) is 6.91. The van der Waals surface area contributed by atoms with Gasteiger partial charge in [-0.15, -0.1) is 0 Å². The molecule has 0 aromatic heterocycles. The van der Waals surface area contributed by atoms with Crippen molar-refractivity contribution in [1.29, 1.82) is 0 Å². The lowest BCUT2D eigenvalue weighted by Gasteiger charge is -2.45. The molecule has 14 heteroatoms. The minimum atomic E-state index is -4.65. The summed E-state index contributed by atoms with van der Waals surface area (Å²) in [6.07, 6.45) is -9.26. The van der Waals surface area contributed by atoms with Crippen LogP contribution in [0, 0.1) is 5.41 Å². The molecule has 0 saturated carbocycles. The molecule has 0 radical (unpaired) electrons. The van der Waals surface area contributed by atoms with Gasteiger partial charge in [-0.05, 0) is 81.6 Å². The molecule has 2 aromatic rings. The minimum absolute atomic E-state index is 0.0166. The highest BCUT2D eigenvalue weighted by molar-refractivity contribution is 8.04. The van der Waals surface area contributed by atoms with Gasteiger partial charge in [0.15, 0.2) is 10.3 Å². The summed E-state index contributed by atoms with van der Waals surface area (Å²) in [7, 11) is 2.32. The first-order valence-corrected chi connectivity index (χ1v) is 14.1. The largest absolute Gasteiger partial charge is 0.468 e. The van der Waals surface area contributed by atoms with Gasteiger partial charge in [-0.1, -0.05) is 11.8 Å². The number of benzene rings is 2. The number of alkyl halides is 6. The van der Waals surface area contributed by atoms with E-state index in [4.69, 9.17) is 9.47 Å². The Hall–Kier alpha value is -3.94. The number of hydrogen-bond donors (Lipinski definition) is 0. The molecule has 0 unspecified atom stereocenters. The van der Waals surface area contributed by atoms with E-state index in [1.165, 1.54) is 42.6 Å². The van der Waals surface area contributed by atoms with E-state index in [-0.39, 0.29) is 28.5 Å². The van der Waals surface area contributed by atoms with Gasteiger partial charge in [0, 0.05) is 17.9 Å². The van der Waals surface area contributed by atoms with E-state index in [2.05, 4.69) is 4.99 Å². The molecule has 44 heavy (non-hydrogen) atoms. The van der Waals surface area contributed by atoms with Crippen LogP contribution in [-0.4, -0.2) is 48.3 Å². The van der Waals surface area contributed by atoms with Crippen LogP contribution in [0.5, 0.6) is 0 Å². The summed E-state index contributed by atoms with van der Waals surface area (Å²) in [4.78, 5) is 33.6. The van der Waals surface area contributed by atoms with Crippen molar-refractivity contribution in [2.45, 2.75) is 44.9 Å². The number of halogens is 6. The van der Waals surface area contributed by atoms with Crippen molar-refractivity contribution in [1.82, 2.24) is 4.90 Å². The Morgan fingerprint density at radius 2 is 1.43 bits per heavy atom. The van der Waals surface area contributed by atoms with Gasteiger partial charge >= 0.3 is 24.3 Å². The molecule has 0 aliphatic carbocycles. The summed E-state index contributed by atoms with van der Waals surface area (Å²) in [6, 6.07) is 7.91. The van der Waals surface area contributed by atoms with E-state index >= 15 is 0 Å². The molecule has 0 N–H and O–H groups in total. The molecule has 1 spiro atoms. The van der Waals surface area contributed by atoms with E-state index in [0.717, 1.165) is 50.6 Å². The van der Waals surface area contributed by atoms with E-state index in [9.17, 15) is 35.9 Å². The predicted octanol–water partition coefficient (Wildman–Crippen LogP) is 7.53. The van der Waals surface area contributed by atoms with Crippen molar-refractivity contribution in [3.63, 3.8) is 0 Å². The topological polar surface area (TPSA) is 71.4 Å². The molecule has 2 atom stereocenters. The van der Waals surface area contributed by atoms with Crippen LogP contribution in [0.3, 0.4) is 0 Å². The predicted molar refractivity (Wildman–Crippen MR) is 154 cm³/mol. The van der Waals surface area contributed by atoms with Gasteiger partial charge < -0.3 is 14.4 Å². The molecule has 2 aliphatic rings. The Balaban J connectivity index is 2.16. The first-order valence-electron chi connectivity index (χ1n) is 13.2. The molecule has 1 fully saturated rings. The number of ether oxygens (including phenoxy) is 2. The zero-order chi connectivity index (χ0) is 32.8. The summed E-state index contributed by atoms with van der Waals surface area (Å²) in [5, 5.41) is 1.78. The molecule has 0 bridgehead atoms. The van der Waals surface area contributed by atoms with Crippen LogP contribution in [0.25, 0.3) is 0 Å². The third-order valence-corrected chi connectivity index (χ3v) is 9.35. The Morgan fingerprint density at radius 3 is 1.89 bits per heavy atom. The maximum Gasteiger partial charge on any atom is 0.416 e. The average Bonchev–Trinajstić information content (AvgIpc) is 3.43. The second-order valence-corrected chi connectivity index (χ2v) is 11.3. The molecule has 2 heterocycles. The number of methoxy groups -OCH3 is 2. The van der Waals surface area contributed by atoms with Crippen LogP contribution < -0.4 is 4.90 Å². The van der Waals surface area contributed by atoms with Crippen molar-refractivity contribution in [3.05, 3.63) is 82.0 Å². The fraction of sp³-hybridized carbons (Fsp3) is 0.367. The highest BCUT2D eigenvalue weighted by Crippen LogP contribution is 2.64. The van der Waals surface area contributed by atoms with Crippen molar-refractivity contribution < 1.29 is 45.4 Å². The number of carbonyl (C=O) groups is 2. The molecule has 7 nitrogen and oxygen atoms in total. The SMILES string of the molecule is CCN1C(C)=CS[C@]12/C(=C(/C)C(=O)OC)N(c1ccc(C(F)(F)F)cc1)C(=Nc1ccc(C(F)(F)F)cc1)[C@]2(C)C(=O)OC. The van der Waals surface area contributed by atoms with E-state index < -0.39 is 45.7 Å². The Labute approximate surface area is 254 Å². The normalized spacial score (nSPS) is 24.2. The molecular formula is C30H29F6N3O4S. The number of hydrogen-bond acceptors (Lipinski definition) is 7. The lowest BCUT2D eigenvalue weighted by molar-refractivity contribution is -0.150. The monoisotopic (exact) mass is 641 g/mol. The minimum Gasteiger partial charge on any atom is -0.468 e. The number of likely N-dealkylation sites (N-methyl/N-ethyl adjacent to an activating group) is 1. The molecule has 4 rings (SSSR count). The first kappa shape index (κ1) is 33.0. The van der Waals surface area contributed by atoms with E-state index in [0.29, 0.717) is 12.2 Å². The number of esters is 2. The Morgan fingerprint density at radius 1 is 0.909 bits per heavy atom. The lowest BCUT2D eigenvalue weighted by Crippen LogP contribution is -2.58. The molecule has 236 valence electrons. The zero-order valence-corrected chi connectivity index (χ0v) is 25.4. The van der Waals surface area contributed by atoms with Crippen LogP contribution in [-0.2, 0) is 31.4 Å². The molecular weight excluding hydrogens is 612 g/mol. The van der Waals surface area contributed by atoms with Crippen LogP contribution in [0.4, 0.5) is 37.7 Å². The van der Waals surface area contributed by atoms with Crippen LogP contribution in [0.2, 0.25) is 0 Å². The number of thioether (sulfide) groups is 1. The summed E-state index contributed by atoms with van der Waals surface area (Å²) in [5.41, 5.74) is -2.62. The van der Waals surface area contributed by atoms with Crippen LogP contribution >= 0.6 is 11.8 Å². The highest BCUT2D eigenvalue weighted by atomic mass is 32.2. The van der Waals surface area contributed by atoms with Crippen LogP contribution in [0.1, 0.15) is 38.8 Å². The second kappa shape index (κ2) is 11.5. The van der Waals surface area contributed by atoms with Gasteiger partial charge in [-0.25, -0.2) is 9.79 Å². The fourth-order valence-electron chi connectivity index (χ4n) is 5.62. The van der Waals surface area contributed by atoms with Gasteiger partial charge in [0.05, 0.1) is 42.3 Å². The van der Waals surface area contributed by atoms with Gasteiger partial charge in [-0.2, -0.15) is 26.3 Å². The fourth-order valence-corrected chi connectivity index (χ4v) is 7.26. The summed E-state index contributed by atoms with van der Waals surface area (Å²) < 4.78 is 90.9. The third-order valence-electron chi connectivity index (χ3n) is 7.73. The van der Waals surface area contributed by atoms with Crippen molar-refractivity contribution in [2.24, 2.45) is 10.4 Å². The number of aliphatic imine (C=N–C) groups is 1. The van der Waals surface area contributed by atoms with Gasteiger partial charge in [0.1, 0.15) is 5.84 Å². The maximum absolute atomic E-state index is 14.0. The zero-order valence-electron chi connectivity index (χ0n) is 24.6. The smallest absolute Gasteiger partial charge is 0.416 e. The molecule has 0 amide bonds. The van der Waals surface area contributed by atoms with Crippen molar-refractivity contribution in [2.75, 3.05) is 25.7 Å². The number of nitrogens with zero attached hydrogens (tertiary/aromatic N) is 3. The lowest BCUT2D eigenvalue weighted by atomic mass is 9.80. The average molecular weight is 642 g/mol. The van der Waals surface area contributed by atoms with Gasteiger partial charge in [0.25, 0.3) is 0 Å². The highest BCUT2D eigenvalue weighted by Gasteiger charge is 2.72. The summed E-state index contributed by atoms with van der Waals surface area (Å²) >= 11 is 1.18. The molecule has 2 aromatic carbocycles. The second-order valence-electron chi connectivity index (χ2n) is 10.2. The van der Waals surface area contributed by atoms with Crippen molar-refractivity contribution >= 4 is 40.9 Å². The number of allylic oxidation sites excluding steroid dienone is 1. The van der Waals surface area contributed by atoms with E-state index in [1.807, 2.05) is 11.8 Å². The van der Waals surface area contributed by atoms with Crippen LogP contribution in [0.15, 0.2) is 75.9 Å². The number of anilines is 1. The summed E-state index contributed by atoms with van der Waals surface area (Å²) in [5.74, 6) is -1.67. The number of carbonyl (C=O) groups excluding carboxylic acids is 2. The van der Waals surface area contributed by atoms with Gasteiger partial charge in [-0.3, -0.25) is 9.69 Å². The number of amidine groups is 1. The maximum atomic E-state index is 14.0. The van der Waals surface area contributed by atoms with E-state index in [1.54, 1.807) is 12.3 Å². The first-order chi connectivity index (χ1) is 20.5. The van der Waals surface area contributed by atoms with Crippen molar-refractivity contribution in [3.8, 4) is 0 Å². The van der Waals surface area contributed by atoms with Gasteiger partial charge in [0.2, 0.25) is 0 Å². The third kappa shape index (κ3) is 5.12. The quantitative estimate of drug-likeness (QED) is 0.190. The Kier molecular flexibility index (Phi) is 8.64. The number of rotatable bonds is 5. The molecule has 1 saturated heterocycles. The molecule has 2 aliphatic heterocycles. The Bertz CT molecular complexity index is 1550.